The van der Waals surface area contributed by atoms with Crippen LogP contribution in [0.1, 0.15) is 32.8 Å². The van der Waals surface area contributed by atoms with Crippen molar-refractivity contribution < 1.29 is 27.5 Å². The van der Waals surface area contributed by atoms with Crippen molar-refractivity contribution >= 4 is 43.5 Å². The number of amides is 2. The second kappa shape index (κ2) is 13.4. The second-order valence-corrected chi connectivity index (χ2v) is 12.6. The van der Waals surface area contributed by atoms with Gasteiger partial charge in [-0.3, -0.25) is 13.9 Å². The van der Waals surface area contributed by atoms with Crippen molar-refractivity contribution in [2.45, 2.75) is 50.7 Å². The molecule has 0 aliphatic carbocycles. The minimum atomic E-state index is -4.17. The van der Waals surface area contributed by atoms with Crippen LogP contribution in [0.4, 0.5) is 5.69 Å². The molecule has 3 aromatic rings. The van der Waals surface area contributed by atoms with Gasteiger partial charge in [-0.25, -0.2) is 8.42 Å². The molecule has 9 nitrogen and oxygen atoms in total. The van der Waals surface area contributed by atoms with Gasteiger partial charge in [-0.15, -0.1) is 0 Å². The molecule has 0 saturated heterocycles. The van der Waals surface area contributed by atoms with E-state index in [0.717, 1.165) is 20.8 Å². The number of hydrogen-bond acceptors (Lipinski definition) is 6. The van der Waals surface area contributed by atoms with E-state index in [1.807, 2.05) is 38.1 Å². The molecule has 0 aromatic heterocycles. The number of sulfonamides is 1. The van der Waals surface area contributed by atoms with Gasteiger partial charge in [0.05, 0.1) is 10.6 Å². The summed E-state index contributed by atoms with van der Waals surface area (Å²) in [6.07, 6.45) is 0.729. The molecular formula is C30H34BrN3O6S. The lowest BCUT2D eigenvalue weighted by molar-refractivity contribution is -0.139. The SMILES string of the molecule is CC[C@H](C)NC(=O)[C@H](C)N(Cc1ccc(Br)cc1)C(=O)CN(c1ccc2c(c1)OCCO2)S(=O)(=O)c1ccccc1. The van der Waals surface area contributed by atoms with Crippen molar-refractivity contribution in [1.82, 2.24) is 10.2 Å². The molecule has 11 heteroatoms. The number of halogens is 1. The summed E-state index contributed by atoms with van der Waals surface area (Å²) in [7, 11) is -4.17. The average molecular weight is 645 g/mol. The summed E-state index contributed by atoms with van der Waals surface area (Å²) in [6, 6.07) is 19.1. The summed E-state index contributed by atoms with van der Waals surface area (Å²) in [5, 5.41) is 2.93. The molecule has 0 unspecified atom stereocenters. The maximum absolute atomic E-state index is 14.0. The molecule has 1 aliphatic rings. The van der Waals surface area contributed by atoms with E-state index in [4.69, 9.17) is 9.47 Å². The summed E-state index contributed by atoms with van der Waals surface area (Å²) < 4.78 is 41.1. The Kier molecular flexibility index (Phi) is 9.93. The molecule has 0 spiro atoms. The van der Waals surface area contributed by atoms with E-state index in [1.165, 1.54) is 17.0 Å². The third-order valence-corrected chi connectivity index (χ3v) is 9.18. The molecule has 2 amide bonds. The molecule has 2 atom stereocenters. The number of nitrogens with one attached hydrogen (secondary N) is 1. The van der Waals surface area contributed by atoms with Crippen LogP contribution in [0.15, 0.2) is 82.2 Å². The Labute approximate surface area is 249 Å². The van der Waals surface area contributed by atoms with Gasteiger partial charge in [-0.05, 0) is 62.2 Å². The molecule has 218 valence electrons. The van der Waals surface area contributed by atoms with Crippen LogP contribution in [0.2, 0.25) is 0 Å². The number of anilines is 1. The number of ether oxygens (including phenoxy) is 2. The van der Waals surface area contributed by atoms with Gasteiger partial charge < -0.3 is 19.7 Å². The fourth-order valence-corrected chi connectivity index (χ4v) is 5.96. The number of nitrogens with zero attached hydrogens (tertiary/aromatic N) is 2. The summed E-state index contributed by atoms with van der Waals surface area (Å²) >= 11 is 3.42. The zero-order valence-electron chi connectivity index (χ0n) is 23.2. The second-order valence-electron chi connectivity index (χ2n) is 9.79. The van der Waals surface area contributed by atoms with Gasteiger partial charge in [0.15, 0.2) is 11.5 Å². The molecule has 1 N–H and O–H groups in total. The fourth-order valence-electron chi connectivity index (χ4n) is 4.27. The summed E-state index contributed by atoms with van der Waals surface area (Å²) in [4.78, 5) is 28.6. The maximum atomic E-state index is 14.0. The molecule has 1 heterocycles. The van der Waals surface area contributed by atoms with Crippen molar-refractivity contribution in [2.75, 3.05) is 24.1 Å². The van der Waals surface area contributed by atoms with Crippen molar-refractivity contribution in [2.24, 2.45) is 0 Å². The monoisotopic (exact) mass is 643 g/mol. The van der Waals surface area contributed by atoms with E-state index in [1.54, 1.807) is 43.3 Å². The quantitative estimate of drug-likeness (QED) is 0.323. The molecule has 3 aromatic carbocycles. The number of fused-ring (bicyclic) bond motifs is 1. The largest absolute Gasteiger partial charge is 0.486 e. The number of rotatable bonds is 11. The summed E-state index contributed by atoms with van der Waals surface area (Å²) in [5.74, 6) is 0.0359. The minimum absolute atomic E-state index is 0.0321. The molecule has 41 heavy (non-hydrogen) atoms. The number of carbonyl (C=O) groups is 2. The first-order valence-corrected chi connectivity index (χ1v) is 15.6. The van der Waals surface area contributed by atoms with Gasteiger partial charge in [0.1, 0.15) is 25.8 Å². The Bertz CT molecular complexity index is 1470. The minimum Gasteiger partial charge on any atom is -0.486 e. The molecule has 1 aliphatic heterocycles. The predicted octanol–water partition coefficient (Wildman–Crippen LogP) is 4.75. The highest BCUT2D eigenvalue weighted by molar-refractivity contribution is 9.10. The lowest BCUT2D eigenvalue weighted by Crippen LogP contribution is -2.52. The topological polar surface area (TPSA) is 105 Å². The standard InChI is InChI=1S/C30H34BrN3O6S/c1-4-21(2)32-30(36)22(3)33(19-23-10-12-24(31)13-11-23)29(35)20-34(41(37,38)26-8-6-5-7-9-26)25-14-15-27-28(18-25)40-17-16-39-27/h5-15,18,21-22H,4,16-17,19-20H2,1-3H3,(H,32,36)/t21-,22-/m0/s1. The predicted molar refractivity (Wildman–Crippen MR) is 160 cm³/mol. The van der Waals surface area contributed by atoms with E-state index in [2.05, 4.69) is 21.2 Å². The van der Waals surface area contributed by atoms with Crippen molar-refractivity contribution in [3.05, 3.63) is 82.8 Å². The Morgan fingerprint density at radius 1 is 0.951 bits per heavy atom. The normalized spacial score (nSPS) is 14.0. The van der Waals surface area contributed by atoms with Crippen LogP contribution < -0.4 is 19.1 Å². The summed E-state index contributed by atoms with van der Waals surface area (Å²) in [5.41, 5.74) is 1.04. The molecule has 0 bridgehead atoms. The first kappa shape index (κ1) is 30.4. The van der Waals surface area contributed by atoms with E-state index in [0.29, 0.717) is 24.7 Å². The molecular weight excluding hydrogens is 610 g/mol. The highest BCUT2D eigenvalue weighted by Crippen LogP contribution is 2.36. The molecule has 0 saturated carbocycles. The zero-order valence-corrected chi connectivity index (χ0v) is 25.7. The first-order valence-electron chi connectivity index (χ1n) is 13.4. The average Bonchev–Trinajstić information content (AvgIpc) is 2.99. The number of benzene rings is 3. The third-order valence-electron chi connectivity index (χ3n) is 6.86. The highest BCUT2D eigenvalue weighted by Gasteiger charge is 2.33. The zero-order chi connectivity index (χ0) is 29.6. The van der Waals surface area contributed by atoms with Crippen LogP contribution in [0, 0.1) is 0 Å². The van der Waals surface area contributed by atoms with Crippen LogP contribution >= 0.6 is 15.9 Å². The number of carbonyl (C=O) groups excluding carboxylic acids is 2. The smallest absolute Gasteiger partial charge is 0.264 e. The first-order chi connectivity index (χ1) is 19.6. The lowest BCUT2D eigenvalue weighted by atomic mass is 10.1. The van der Waals surface area contributed by atoms with Crippen LogP contribution in [-0.2, 0) is 26.2 Å². The van der Waals surface area contributed by atoms with E-state index in [-0.39, 0.29) is 29.1 Å². The van der Waals surface area contributed by atoms with Gasteiger partial charge in [0.2, 0.25) is 11.8 Å². The molecule has 4 rings (SSSR count). The number of hydrogen-bond donors (Lipinski definition) is 1. The van der Waals surface area contributed by atoms with Crippen molar-refractivity contribution in [3.8, 4) is 11.5 Å². The van der Waals surface area contributed by atoms with E-state index in [9.17, 15) is 18.0 Å². The van der Waals surface area contributed by atoms with Gasteiger partial charge in [0, 0.05) is 23.1 Å². The Morgan fingerprint density at radius 2 is 1.61 bits per heavy atom. The fraction of sp³-hybridized carbons (Fsp3) is 0.333. The lowest BCUT2D eigenvalue weighted by Gasteiger charge is -2.32. The van der Waals surface area contributed by atoms with Crippen molar-refractivity contribution in [3.63, 3.8) is 0 Å². The van der Waals surface area contributed by atoms with Gasteiger partial charge >= 0.3 is 0 Å². The Morgan fingerprint density at radius 3 is 2.27 bits per heavy atom. The Balaban J connectivity index is 1.72. The third kappa shape index (κ3) is 7.39. The molecule has 0 fully saturated rings. The highest BCUT2D eigenvalue weighted by atomic mass is 79.9. The van der Waals surface area contributed by atoms with Gasteiger partial charge in [0.25, 0.3) is 10.0 Å². The molecule has 0 radical (unpaired) electrons. The van der Waals surface area contributed by atoms with Crippen LogP contribution in [0.25, 0.3) is 0 Å². The van der Waals surface area contributed by atoms with Crippen molar-refractivity contribution in [1.29, 1.82) is 0 Å². The van der Waals surface area contributed by atoms with Crippen LogP contribution in [-0.4, -0.2) is 57.0 Å². The Hall–Kier alpha value is -3.57. The van der Waals surface area contributed by atoms with Crippen LogP contribution in [0.3, 0.4) is 0 Å². The van der Waals surface area contributed by atoms with Crippen LogP contribution in [0.5, 0.6) is 11.5 Å². The van der Waals surface area contributed by atoms with Gasteiger partial charge in [-0.2, -0.15) is 0 Å². The summed E-state index contributed by atoms with van der Waals surface area (Å²) in [6.45, 7) is 5.79. The van der Waals surface area contributed by atoms with Gasteiger partial charge in [-0.1, -0.05) is 53.2 Å². The maximum Gasteiger partial charge on any atom is 0.264 e. The van der Waals surface area contributed by atoms with E-state index >= 15 is 0 Å². The van der Waals surface area contributed by atoms with E-state index < -0.39 is 28.5 Å².